The van der Waals surface area contributed by atoms with Gasteiger partial charge in [-0.05, 0) is 0 Å². The van der Waals surface area contributed by atoms with Gasteiger partial charge in [0.25, 0.3) is 0 Å². The number of benzene rings is 1. The number of hydrogen-bond acceptors (Lipinski definition) is 2. The predicted molar refractivity (Wildman–Crippen MR) is 49.5 cm³/mol. The number of hydrogen-bond donors (Lipinski definition) is 1. The van der Waals surface area contributed by atoms with Crippen LogP contribution in [0.15, 0.2) is 30.3 Å². The van der Waals surface area contributed by atoms with Gasteiger partial charge in [0.2, 0.25) is 0 Å². The van der Waals surface area contributed by atoms with Crippen molar-refractivity contribution < 1.29 is 9.42 Å². The molecular formula is C8H13O2P. The molecule has 0 aliphatic rings. The van der Waals surface area contributed by atoms with Crippen LogP contribution in [-0.2, 0) is 0 Å². The van der Waals surface area contributed by atoms with Gasteiger partial charge in [-0.25, -0.2) is 0 Å². The van der Waals surface area contributed by atoms with Crippen molar-refractivity contribution in [3.05, 3.63) is 30.3 Å². The SMILES string of the molecule is C[PH](C)(O)Oc1ccccc1. The van der Waals surface area contributed by atoms with E-state index in [0.717, 1.165) is 5.75 Å². The van der Waals surface area contributed by atoms with Crippen LogP contribution in [-0.4, -0.2) is 18.2 Å². The van der Waals surface area contributed by atoms with Crippen LogP contribution in [0.25, 0.3) is 0 Å². The molecule has 2 nitrogen and oxygen atoms in total. The van der Waals surface area contributed by atoms with E-state index in [1.807, 2.05) is 30.3 Å². The molecule has 0 aromatic heterocycles. The minimum absolute atomic E-state index is 0.742. The molecule has 11 heavy (non-hydrogen) atoms. The van der Waals surface area contributed by atoms with E-state index in [1.165, 1.54) is 0 Å². The van der Waals surface area contributed by atoms with Gasteiger partial charge in [0, 0.05) is 0 Å². The Bertz CT molecular complexity index is 215. The first-order valence-corrected chi connectivity index (χ1v) is 6.40. The fraction of sp³-hybridized carbons (Fsp3) is 0.250. The molecule has 0 unspecified atom stereocenters. The van der Waals surface area contributed by atoms with Crippen molar-refractivity contribution in [2.75, 3.05) is 13.3 Å². The van der Waals surface area contributed by atoms with E-state index >= 15 is 0 Å². The fourth-order valence-electron chi connectivity index (χ4n) is 0.777. The quantitative estimate of drug-likeness (QED) is 0.690. The molecular weight excluding hydrogens is 159 g/mol. The molecule has 0 aliphatic heterocycles. The molecule has 1 aromatic carbocycles. The van der Waals surface area contributed by atoms with Crippen molar-refractivity contribution >= 4 is 7.72 Å². The van der Waals surface area contributed by atoms with Gasteiger partial charge >= 0.3 is 66.5 Å². The summed E-state index contributed by atoms with van der Waals surface area (Å²) in [5.41, 5.74) is 0. The molecule has 0 spiro atoms. The first-order chi connectivity index (χ1) is 5.08. The Morgan fingerprint density at radius 1 is 1.18 bits per heavy atom. The van der Waals surface area contributed by atoms with Gasteiger partial charge in [-0.2, -0.15) is 0 Å². The van der Waals surface area contributed by atoms with Crippen molar-refractivity contribution in [2.24, 2.45) is 0 Å². The van der Waals surface area contributed by atoms with Gasteiger partial charge in [-0.1, -0.05) is 0 Å². The van der Waals surface area contributed by atoms with Crippen molar-refractivity contribution in [1.29, 1.82) is 0 Å². The predicted octanol–water partition coefficient (Wildman–Crippen LogP) is 1.90. The Morgan fingerprint density at radius 3 is 2.18 bits per heavy atom. The zero-order chi connectivity index (χ0) is 8.32. The number of para-hydroxylation sites is 1. The van der Waals surface area contributed by atoms with E-state index in [2.05, 4.69) is 0 Å². The van der Waals surface area contributed by atoms with Crippen LogP contribution in [0.5, 0.6) is 5.75 Å². The third-order valence-corrected chi connectivity index (χ3v) is 1.85. The first kappa shape index (κ1) is 8.51. The summed E-state index contributed by atoms with van der Waals surface area (Å²) in [5, 5.41) is 0. The molecule has 0 aliphatic carbocycles. The molecule has 1 rings (SSSR count). The monoisotopic (exact) mass is 172 g/mol. The summed E-state index contributed by atoms with van der Waals surface area (Å²) in [7, 11) is -2.40. The van der Waals surface area contributed by atoms with Gasteiger partial charge in [0.15, 0.2) is 0 Å². The molecule has 0 saturated heterocycles. The Kier molecular flexibility index (Phi) is 2.48. The first-order valence-electron chi connectivity index (χ1n) is 3.54. The maximum atomic E-state index is 9.39. The molecule has 1 N–H and O–H groups in total. The van der Waals surface area contributed by atoms with Gasteiger partial charge < -0.3 is 0 Å². The maximum absolute atomic E-state index is 9.39. The average Bonchev–Trinajstić information content (AvgIpc) is 1.85. The molecule has 0 atom stereocenters. The minimum atomic E-state index is -2.40. The van der Waals surface area contributed by atoms with Crippen LogP contribution in [0, 0.1) is 0 Å². The summed E-state index contributed by atoms with van der Waals surface area (Å²) in [5.74, 6) is 0.742. The van der Waals surface area contributed by atoms with Crippen LogP contribution < -0.4 is 4.52 Å². The zero-order valence-corrected chi connectivity index (χ0v) is 7.74. The fourth-order valence-corrected chi connectivity index (χ4v) is 1.49. The Morgan fingerprint density at radius 2 is 1.73 bits per heavy atom. The standard InChI is InChI=1S/C8H13O2P/c1-11(2,9)10-8-6-4-3-5-7-8/h3-7,9,11H,1-2H3. The zero-order valence-electron chi connectivity index (χ0n) is 6.74. The summed E-state index contributed by atoms with van der Waals surface area (Å²) in [6, 6.07) is 9.36. The third kappa shape index (κ3) is 3.35. The normalized spacial score (nSPS) is 12.6. The van der Waals surface area contributed by atoms with E-state index in [1.54, 1.807) is 13.3 Å². The van der Waals surface area contributed by atoms with Crippen LogP contribution in [0.3, 0.4) is 0 Å². The Labute approximate surface area is 67.3 Å². The Balaban J connectivity index is 2.66. The van der Waals surface area contributed by atoms with Gasteiger partial charge in [0.05, 0.1) is 0 Å². The molecule has 0 saturated carbocycles. The average molecular weight is 172 g/mol. The van der Waals surface area contributed by atoms with E-state index in [9.17, 15) is 4.89 Å². The van der Waals surface area contributed by atoms with Gasteiger partial charge in [-0.15, -0.1) is 0 Å². The van der Waals surface area contributed by atoms with E-state index < -0.39 is 7.72 Å². The second-order valence-corrected chi connectivity index (χ2v) is 5.96. The molecule has 1 aromatic rings. The van der Waals surface area contributed by atoms with Gasteiger partial charge in [-0.3, -0.25) is 0 Å². The van der Waals surface area contributed by atoms with Crippen LogP contribution in [0.1, 0.15) is 0 Å². The van der Waals surface area contributed by atoms with Crippen molar-refractivity contribution in [2.45, 2.75) is 0 Å². The third-order valence-electron chi connectivity index (χ3n) is 1.11. The second kappa shape index (κ2) is 3.21. The summed E-state index contributed by atoms with van der Waals surface area (Å²) >= 11 is 0. The molecule has 0 heterocycles. The second-order valence-electron chi connectivity index (χ2n) is 2.86. The Hall–Kier alpha value is -0.590. The van der Waals surface area contributed by atoms with Crippen molar-refractivity contribution in [3.8, 4) is 5.75 Å². The van der Waals surface area contributed by atoms with E-state index in [4.69, 9.17) is 4.52 Å². The van der Waals surface area contributed by atoms with E-state index in [-0.39, 0.29) is 0 Å². The molecule has 0 radical (unpaired) electrons. The van der Waals surface area contributed by atoms with Crippen LogP contribution in [0.2, 0.25) is 0 Å². The number of rotatable bonds is 2. The molecule has 62 valence electrons. The van der Waals surface area contributed by atoms with E-state index in [0.29, 0.717) is 0 Å². The molecule has 0 bridgehead atoms. The summed E-state index contributed by atoms with van der Waals surface area (Å²) in [6.45, 7) is 3.47. The van der Waals surface area contributed by atoms with Crippen molar-refractivity contribution in [1.82, 2.24) is 0 Å². The topological polar surface area (TPSA) is 29.5 Å². The van der Waals surface area contributed by atoms with Gasteiger partial charge in [0.1, 0.15) is 0 Å². The summed E-state index contributed by atoms with van der Waals surface area (Å²) in [4.78, 5) is 9.39. The molecule has 3 heteroatoms. The molecule has 0 amide bonds. The summed E-state index contributed by atoms with van der Waals surface area (Å²) in [6.07, 6.45) is 0. The molecule has 0 fully saturated rings. The van der Waals surface area contributed by atoms with Crippen molar-refractivity contribution in [3.63, 3.8) is 0 Å². The van der Waals surface area contributed by atoms with Crippen LogP contribution >= 0.6 is 7.72 Å². The van der Waals surface area contributed by atoms with Crippen LogP contribution in [0.4, 0.5) is 0 Å². The summed E-state index contributed by atoms with van der Waals surface area (Å²) < 4.78 is 5.30.